The highest BCUT2D eigenvalue weighted by Gasteiger charge is 2.08. The maximum atomic E-state index is 9.31. The lowest BCUT2D eigenvalue weighted by Gasteiger charge is -2.15. The quantitative estimate of drug-likeness (QED) is 0.640. The van der Waals surface area contributed by atoms with Crippen molar-refractivity contribution >= 4 is 0 Å². The lowest BCUT2D eigenvalue weighted by molar-refractivity contribution is 0.474. The Labute approximate surface area is 118 Å². The van der Waals surface area contributed by atoms with E-state index in [0.717, 1.165) is 0 Å². The standard InChI is InChI=1S/C17H28O.H2O/c1-3-5-6-7-8-9-10-15(4-2)16-11-13-17(18)14-12-16;/h11-15,18H,3-10H2,1-2H3;1H2. The van der Waals surface area contributed by atoms with Crippen molar-refractivity contribution in [3.8, 4) is 5.75 Å². The van der Waals surface area contributed by atoms with Crippen LogP contribution in [-0.2, 0) is 0 Å². The molecule has 1 unspecified atom stereocenters. The first-order chi connectivity index (χ1) is 8.77. The molecule has 0 heterocycles. The number of aromatic hydroxyl groups is 1. The van der Waals surface area contributed by atoms with Gasteiger partial charge in [0.05, 0.1) is 0 Å². The van der Waals surface area contributed by atoms with Crippen LogP contribution >= 0.6 is 0 Å². The van der Waals surface area contributed by atoms with Gasteiger partial charge in [0.1, 0.15) is 5.75 Å². The molecule has 3 N–H and O–H groups in total. The zero-order chi connectivity index (χ0) is 13.2. The van der Waals surface area contributed by atoms with Crippen LogP contribution in [0.1, 0.15) is 76.7 Å². The molecule has 1 aromatic carbocycles. The number of phenolic OH excluding ortho intramolecular Hbond substituents is 1. The molecule has 0 aromatic heterocycles. The van der Waals surface area contributed by atoms with E-state index >= 15 is 0 Å². The smallest absolute Gasteiger partial charge is 0.115 e. The summed E-state index contributed by atoms with van der Waals surface area (Å²) < 4.78 is 0. The summed E-state index contributed by atoms with van der Waals surface area (Å²) in [5.41, 5.74) is 1.38. The molecule has 0 saturated heterocycles. The molecule has 1 aromatic rings. The summed E-state index contributed by atoms with van der Waals surface area (Å²) in [7, 11) is 0. The molecule has 0 amide bonds. The summed E-state index contributed by atoms with van der Waals surface area (Å²) in [6.45, 7) is 4.52. The first-order valence-electron chi connectivity index (χ1n) is 7.56. The topological polar surface area (TPSA) is 51.7 Å². The minimum Gasteiger partial charge on any atom is -0.508 e. The Hall–Kier alpha value is -1.02. The highest BCUT2D eigenvalue weighted by atomic mass is 16.3. The molecule has 0 spiro atoms. The third-order valence-electron chi connectivity index (χ3n) is 3.76. The fraction of sp³-hybridized carbons (Fsp3) is 0.647. The lowest BCUT2D eigenvalue weighted by Crippen LogP contribution is -1.97. The Morgan fingerprint density at radius 3 is 2.05 bits per heavy atom. The Morgan fingerprint density at radius 1 is 0.895 bits per heavy atom. The van der Waals surface area contributed by atoms with E-state index in [9.17, 15) is 5.11 Å². The van der Waals surface area contributed by atoms with E-state index in [-0.39, 0.29) is 5.48 Å². The molecule has 0 aliphatic rings. The Bertz CT molecular complexity index is 306. The second kappa shape index (κ2) is 10.9. The molecular formula is C17H30O2. The van der Waals surface area contributed by atoms with Crippen molar-refractivity contribution in [2.24, 2.45) is 0 Å². The van der Waals surface area contributed by atoms with Crippen LogP contribution in [0.15, 0.2) is 24.3 Å². The highest BCUT2D eigenvalue weighted by Crippen LogP contribution is 2.27. The number of hydrogen-bond acceptors (Lipinski definition) is 1. The van der Waals surface area contributed by atoms with E-state index in [1.165, 1.54) is 56.9 Å². The second-order valence-corrected chi connectivity index (χ2v) is 5.25. The summed E-state index contributed by atoms with van der Waals surface area (Å²) in [5.74, 6) is 1.03. The van der Waals surface area contributed by atoms with Gasteiger partial charge in [0.2, 0.25) is 0 Å². The fourth-order valence-electron chi connectivity index (χ4n) is 2.52. The number of unbranched alkanes of at least 4 members (excludes halogenated alkanes) is 5. The van der Waals surface area contributed by atoms with E-state index < -0.39 is 0 Å². The lowest BCUT2D eigenvalue weighted by atomic mass is 9.91. The molecule has 0 aliphatic heterocycles. The van der Waals surface area contributed by atoms with Gasteiger partial charge in [0.25, 0.3) is 0 Å². The van der Waals surface area contributed by atoms with Crippen LogP contribution in [0, 0.1) is 0 Å². The molecule has 110 valence electrons. The molecule has 0 saturated carbocycles. The van der Waals surface area contributed by atoms with Gasteiger partial charge < -0.3 is 10.6 Å². The third kappa shape index (κ3) is 7.22. The van der Waals surface area contributed by atoms with Crippen LogP contribution < -0.4 is 0 Å². The van der Waals surface area contributed by atoms with Crippen LogP contribution in [0.3, 0.4) is 0 Å². The number of phenols is 1. The van der Waals surface area contributed by atoms with Crippen LogP contribution in [0.2, 0.25) is 0 Å². The first-order valence-corrected chi connectivity index (χ1v) is 7.56. The van der Waals surface area contributed by atoms with Crippen LogP contribution in [-0.4, -0.2) is 10.6 Å². The van der Waals surface area contributed by atoms with Gasteiger partial charge in [-0.2, -0.15) is 0 Å². The monoisotopic (exact) mass is 266 g/mol. The van der Waals surface area contributed by atoms with E-state index in [0.29, 0.717) is 11.7 Å². The molecule has 2 nitrogen and oxygen atoms in total. The third-order valence-corrected chi connectivity index (χ3v) is 3.76. The van der Waals surface area contributed by atoms with Gasteiger partial charge >= 0.3 is 0 Å². The van der Waals surface area contributed by atoms with Gasteiger partial charge in [-0.25, -0.2) is 0 Å². The first kappa shape index (κ1) is 18.0. The van der Waals surface area contributed by atoms with Crippen LogP contribution in [0.25, 0.3) is 0 Å². The van der Waals surface area contributed by atoms with Crippen LogP contribution in [0.5, 0.6) is 5.75 Å². The maximum absolute atomic E-state index is 9.31. The number of hydrogen-bond donors (Lipinski definition) is 1. The molecule has 0 radical (unpaired) electrons. The van der Waals surface area contributed by atoms with E-state index in [1.807, 2.05) is 0 Å². The van der Waals surface area contributed by atoms with E-state index in [4.69, 9.17) is 0 Å². The maximum Gasteiger partial charge on any atom is 0.115 e. The molecule has 0 aliphatic carbocycles. The molecule has 2 heteroatoms. The highest BCUT2D eigenvalue weighted by molar-refractivity contribution is 5.28. The molecular weight excluding hydrogens is 236 g/mol. The average molecular weight is 266 g/mol. The second-order valence-electron chi connectivity index (χ2n) is 5.25. The Morgan fingerprint density at radius 2 is 1.47 bits per heavy atom. The molecule has 1 rings (SSSR count). The van der Waals surface area contributed by atoms with E-state index in [1.54, 1.807) is 12.1 Å². The summed E-state index contributed by atoms with van der Waals surface area (Å²) in [4.78, 5) is 0. The largest absolute Gasteiger partial charge is 0.508 e. The summed E-state index contributed by atoms with van der Waals surface area (Å²) in [6.07, 6.45) is 10.7. The van der Waals surface area contributed by atoms with Gasteiger partial charge in [0, 0.05) is 0 Å². The van der Waals surface area contributed by atoms with Gasteiger partial charge in [-0.15, -0.1) is 0 Å². The SMILES string of the molecule is CCCCCCCCC(CC)c1ccc(O)cc1.O. The number of rotatable bonds is 9. The van der Waals surface area contributed by atoms with Crippen molar-refractivity contribution in [2.45, 2.75) is 71.1 Å². The van der Waals surface area contributed by atoms with Gasteiger partial charge in [0.15, 0.2) is 0 Å². The van der Waals surface area contributed by atoms with Crippen molar-refractivity contribution in [1.82, 2.24) is 0 Å². The van der Waals surface area contributed by atoms with E-state index in [2.05, 4.69) is 26.0 Å². The summed E-state index contributed by atoms with van der Waals surface area (Å²) in [5, 5.41) is 9.31. The predicted molar refractivity (Wildman–Crippen MR) is 82.7 cm³/mol. The van der Waals surface area contributed by atoms with Crippen LogP contribution in [0.4, 0.5) is 0 Å². The van der Waals surface area contributed by atoms with Crippen molar-refractivity contribution in [1.29, 1.82) is 0 Å². The molecule has 1 atom stereocenters. The summed E-state index contributed by atoms with van der Waals surface area (Å²) >= 11 is 0. The minimum atomic E-state index is 0. The number of benzene rings is 1. The van der Waals surface area contributed by atoms with Crippen molar-refractivity contribution in [2.75, 3.05) is 0 Å². The normalized spacial score (nSPS) is 11.9. The van der Waals surface area contributed by atoms with Crippen molar-refractivity contribution in [3.63, 3.8) is 0 Å². The van der Waals surface area contributed by atoms with Gasteiger partial charge in [-0.05, 0) is 36.5 Å². The Kier molecular flexibility index (Phi) is 10.3. The molecule has 0 bridgehead atoms. The summed E-state index contributed by atoms with van der Waals surface area (Å²) in [6, 6.07) is 7.75. The zero-order valence-electron chi connectivity index (χ0n) is 12.5. The average Bonchev–Trinajstić information content (AvgIpc) is 2.39. The predicted octanol–water partition coefficient (Wildman–Crippen LogP) is 4.81. The van der Waals surface area contributed by atoms with Gasteiger partial charge in [-0.3, -0.25) is 0 Å². The molecule has 19 heavy (non-hydrogen) atoms. The molecule has 0 fully saturated rings. The fourth-order valence-corrected chi connectivity index (χ4v) is 2.52. The van der Waals surface area contributed by atoms with Gasteiger partial charge in [-0.1, -0.05) is 64.5 Å². The zero-order valence-corrected chi connectivity index (χ0v) is 12.5. The minimum absolute atomic E-state index is 0. The van der Waals surface area contributed by atoms with Crippen molar-refractivity contribution < 1.29 is 10.6 Å². The Balaban J connectivity index is 0.00000324. The van der Waals surface area contributed by atoms with Crippen molar-refractivity contribution in [3.05, 3.63) is 29.8 Å².